The Bertz CT molecular complexity index is 932. The van der Waals surface area contributed by atoms with Crippen molar-refractivity contribution in [2.75, 3.05) is 32.8 Å². The second kappa shape index (κ2) is 8.38. The number of carbonyl (C=O) groups is 2. The van der Waals surface area contributed by atoms with E-state index in [-0.39, 0.29) is 17.9 Å². The third-order valence-corrected chi connectivity index (χ3v) is 7.23. The molecule has 0 bridgehead atoms. The number of nitrogens with zero attached hydrogens (tertiary/aromatic N) is 2. The zero-order chi connectivity index (χ0) is 20.5. The summed E-state index contributed by atoms with van der Waals surface area (Å²) >= 11 is 0. The summed E-state index contributed by atoms with van der Waals surface area (Å²) in [6.45, 7) is 3.77. The topological polar surface area (TPSA) is 49.9 Å². The van der Waals surface area contributed by atoms with E-state index in [0.717, 1.165) is 68.1 Å². The maximum Gasteiger partial charge on any atom is 0.254 e. The summed E-state index contributed by atoms with van der Waals surface area (Å²) in [7, 11) is 0. The molecular weight excluding hydrogens is 376 g/mol. The summed E-state index contributed by atoms with van der Waals surface area (Å²) in [6.07, 6.45) is 4.68. The first-order chi connectivity index (χ1) is 14.7. The fraction of sp³-hybridized carbons (Fsp3) is 0.520. The summed E-state index contributed by atoms with van der Waals surface area (Å²) in [6, 6.07) is 14.3. The number of fused-ring (bicyclic) bond motifs is 2. The monoisotopic (exact) mass is 406 g/mol. The molecule has 2 atom stereocenters. The van der Waals surface area contributed by atoms with Crippen LogP contribution in [-0.4, -0.2) is 60.5 Å². The Morgan fingerprint density at radius 1 is 0.900 bits per heavy atom. The second-order valence-corrected chi connectivity index (χ2v) is 8.95. The van der Waals surface area contributed by atoms with Crippen LogP contribution in [0.15, 0.2) is 42.5 Å². The molecule has 30 heavy (non-hydrogen) atoms. The third kappa shape index (κ3) is 3.60. The first-order valence-electron chi connectivity index (χ1n) is 11.4. The van der Waals surface area contributed by atoms with Gasteiger partial charge >= 0.3 is 0 Å². The van der Waals surface area contributed by atoms with Crippen LogP contribution in [0.25, 0.3) is 10.8 Å². The van der Waals surface area contributed by atoms with Crippen LogP contribution in [0, 0.1) is 11.8 Å². The van der Waals surface area contributed by atoms with Crippen LogP contribution in [0.2, 0.25) is 0 Å². The standard InChI is InChI=1S/C25H30N2O3/c28-24(19-11-15-30-16-12-19)26-14-10-23-20(17-26)7-4-13-27(23)25(29)22-9-3-6-18-5-1-2-8-21(18)22/h1-3,5-6,8-9,19-20,23H,4,7,10-17H2/t20-,23+/m1/s1. The van der Waals surface area contributed by atoms with E-state index < -0.39 is 0 Å². The van der Waals surface area contributed by atoms with Gasteiger partial charge in [0.1, 0.15) is 0 Å². The molecule has 5 heteroatoms. The van der Waals surface area contributed by atoms with Crippen LogP contribution in [0.5, 0.6) is 0 Å². The maximum absolute atomic E-state index is 13.6. The molecule has 0 aromatic heterocycles. The van der Waals surface area contributed by atoms with Crippen molar-refractivity contribution in [3.05, 3.63) is 48.0 Å². The van der Waals surface area contributed by atoms with Crippen molar-refractivity contribution in [3.8, 4) is 0 Å². The van der Waals surface area contributed by atoms with E-state index >= 15 is 0 Å². The average Bonchev–Trinajstić information content (AvgIpc) is 2.82. The second-order valence-electron chi connectivity index (χ2n) is 8.95. The van der Waals surface area contributed by atoms with Gasteiger partial charge in [0.2, 0.25) is 5.91 Å². The molecule has 0 radical (unpaired) electrons. The Balaban J connectivity index is 1.32. The summed E-state index contributed by atoms with van der Waals surface area (Å²) in [5.74, 6) is 0.947. The molecule has 3 saturated heterocycles. The van der Waals surface area contributed by atoms with E-state index in [4.69, 9.17) is 4.74 Å². The minimum absolute atomic E-state index is 0.118. The largest absolute Gasteiger partial charge is 0.381 e. The van der Waals surface area contributed by atoms with Gasteiger partial charge in [0.15, 0.2) is 0 Å². The van der Waals surface area contributed by atoms with Gasteiger partial charge in [-0.25, -0.2) is 0 Å². The average molecular weight is 407 g/mol. The van der Waals surface area contributed by atoms with E-state index in [1.807, 2.05) is 30.3 Å². The van der Waals surface area contributed by atoms with Crippen molar-refractivity contribution in [2.24, 2.45) is 11.8 Å². The van der Waals surface area contributed by atoms with Gasteiger partial charge in [0.05, 0.1) is 0 Å². The Morgan fingerprint density at radius 2 is 1.70 bits per heavy atom. The number of ether oxygens (including phenoxy) is 1. The lowest BCUT2D eigenvalue weighted by Gasteiger charge is -2.48. The number of carbonyl (C=O) groups excluding carboxylic acids is 2. The highest BCUT2D eigenvalue weighted by atomic mass is 16.5. The van der Waals surface area contributed by atoms with Gasteiger partial charge in [-0.05, 0) is 54.9 Å². The summed E-state index contributed by atoms with van der Waals surface area (Å²) in [5.41, 5.74) is 0.800. The molecule has 3 heterocycles. The van der Waals surface area contributed by atoms with Crippen molar-refractivity contribution in [1.82, 2.24) is 9.80 Å². The molecule has 2 aromatic carbocycles. The van der Waals surface area contributed by atoms with E-state index in [0.29, 0.717) is 25.0 Å². The number of piperidine rings is 2. The minimum atomic E-state index is 0.118. The Labute approximate surface area is 178 Å². The smallest absolute Gasteiger partial charge is 0.254 e. The molecule has 0 aliphatic carbocycles. The van der Waals surface area contributed by atoms with Crippen molar-refractivity contribution >= 4 is 22.6 Å². The van der Waals surface area contributed by atoms with Crippen LogP contribution < -0.4 is 0 Å². The lowest BCUT2D eigenvalue weighted by Crippen LogP contribution is -2.57. The number of hydrogen-bond acceptors (Lipinski definition) is 3. The fourth-order valence-corrected chi connectivity index (χ4v) is 5.63. The highest BCUT2D eigenvalue weighted by Gasteiger charge is 2.40. The van der Waals surface area contributed by atoms with E-state index in [1.54, 1.807) is 0 Å². The quantitative estimate of drug-likeness (QED) is 0.764. The number of benzene rings is 2. The van der Waals surface area contributed by atoms with Crippen molar-refractivity contribution in [2.45, 2.75) is 38.1 Å². The number of hydrogen-bond donors (Lipinski definition) is 0. The van der Waals surface area contributed by atoms with Gasteiger partial charge in [-0.1, -0.05) is 36.4 Å². The zero-order valence-corrected chi connectivity index (χ0v) is 17.5. The minimum Gasteiger partial charge on any atom is -0.381 e. The fourth-order valence-electron chi connectivity index (χ4n) is 5.63. The lowest BCUT2D eigenvalue weighted by atomic mass is 9.82. The SMILES string of the molecule is O=C(C1CCOCC1)N1CC[C@H]2[C@H](CCCN2C(=O)c2cccc3ccccc23)C1. The number of rotatable bonds is 2. The van der Waals surface area contributed by atoms with Crippen LogP contribution in [0.1, 0.15) is 42.5 Å². The Kier molecular flexibility index (Phi) is 5.47. The van der Waals surface area contributed by atoms with Gasteiger partial charge in [-0.3, -0.25) is 9.59 Å². The first kappa shape index (κ1) is 19.6. The van der Waals surface area contributed by atoms with Crippen LogP contribution >= 0.6 is 0 Å². The van der Waals surface area contributed by atoms with Crippen LogP contribution in [-0.2, 0) is 9.53 Å². The van der Waals surface area contributed by atoms with Gasteiger partial charge in [-0.2, -0.15) is 0 Å². The van der Waals surface area contributed by atoms with Gasteiger partial charge in [0.25, 0.3) is 5.91 Å². The van der Waals surface area contributed by atoms with Gasteiger partial charge in [0, 0.05) is 50.4 Å². The van der Waals surface area contributed by atoms with E-state index in [1.165, 1.54) is 0 Å². The Morgan fingerprint density at radius 3 is 2.57 bits per heavy atom. The van der Waals surface area contributed by atoms with Crippen molar-refractivity contribution in [3.63, 3.8) is 0 Å². The van der Waals surface area contributed by atoms with Crippen LogP contribution in [0.4, 0.5) is 0 Å². The normalized spacial score (nSPS) is 25.2. The lowest BCUT2D eigenvalue weighted by molar-refractivity contribution is -0.141. The molecule has 3 aliphatic heterocycles. The van der Waals surface area contributed by atoms with Gasteiger partial charge in [-0.15, -0.1) is 0 Å². The molecule has 3 aliphatic rings. The Hall–Kier alpha value is -2.40. The van der Waals surface area contributed by atoms with Crippen molar-refractivity contribution < 1.29 is 14.3 Å². The maximum atomic E-state index is 13.6. The molecule has 0 spiro atoms. The molecule has 5 nitrogen and oxygen atoms in total. The predicted molar refractivity (Wildman–Crippen MR) is 116 cm³/mol. The molecule has 158 valence electrons. The van der Waals surface area contributed by atoms with Crippen molar-refractivity contribution in [1.29, 1.82) is 0 Å². The summed E-state index contributed by atoms with van der Waals surface area (Å²) in [5, 5.41) is 2.13. The number of amides is 2. The molecule has 3 fully saturated rings. The molecule has 0 unspecified atom stereocenters. The molecular formula is C25H30N2O3. The van der Waals surface area contributed by atoms with Crippen LogP contribution in [0.3, 0.4) is 0 Å². The zero-order valence-electron chi connectivity index (χ0n) is 17.5. The molecule has 0 N–H and O–H groups in total. The number of likely N-dealkylation sites (tertiary alicyclic amines) is 2. The summed E-state index contributed by atoms with van der Waals surface area (Å²) in [4.78, 5) is 30.7. The molecule has 2 aromatic rings. The van der Waals surface area contributed by atoms with E-state index in [2.05, 4.69) is 21.9 Å². The predicted octanol–water partition coefficient (Wildman–Crippen LogP) is 3.72. The summed E-state index contributed by atoms with van der Waals surface area (Å²) < 4.78 is 5.42. The first-order valence-corrected chi connectivity index (χ1v) is 11.4. The van der Waals surface area contributed by atoms with Gasteiger partial charge < -0.3 is 14.5 Å². The molecule has 5 rings (SSSR count). The highest BCUT2D eigenvalue weighted by molar-refractivity contribution is 6.07. The van der Waals surface area contributed by atoms with E-state index in [9.17, 15) is 9.59 Å². The highest BCUT2D eigenvalue weighted by Crippen LogP contribution is 2.34. The third-order valence-electron chi connectivity index (χ3n) is 7.23. The molecule has 0 saturated carbocycles. The molecule has 2 amide bonds.